The number of hydrogen-bond donors (Lipinski definition) is 0. The van der Waals surface area contributed by atoms with E-state index in [1.165, 1.54) is 0 Å². The van der Waals surface area contributed by atoms with Gasteiger partial charge in [0.05, 0.1) is 11.6 Å². The summed E-state index contributed by atoms with van der Waals surface area (Å²) in [6.07, 6.45) is 0. The van der Waals surface area contributed by atoms with Crippen molar-refractivity contribution in [3.05, 3.63) is 23.4 Å². The number of hydrogen-bond acceptors (Lipinski definition) is 4. The molecule has 0 atom stereocenters. The summed E-state index contributed by atoms with van der Waals surface area (Å²) in [6.45, 7) is 7.02. The van der Waals surface area contributed by atoms with Crippen molar-refractivity contribution < 1.29 is 4.79 Å². The van der Waals surface area contributed by atoms with Gasteiger partial charge in [-0.1, -0.05) is 0 Å². The quantitative estimate of drug-likeness (QED) is 0.762. The predicted octanol–water partition coefficient (Wildman–Crippen LogP) is 1.32. The molecule has 5 heteroatoms. The number of aromatic nitrogens is 1. The molecule has 1 aliphatic heterocycles. The minimum atomic E-state index is -0.638. The van der Waals surface area contributed by atoms with Gasteiger partial charge in [-0.2, -0.15) is 5.26 Å². The molecule has 2 rings (SSSR count). The van der Waals surface area contributed by atoms with Crippen LogP contribution in [0.25, 0.3) is 0 Å². The van der Waals surface area contributed by atoms with Crippen LogP contribution in [0.1, 0.15) is 25.1 Å². The Kier molecular flexibility index (Phi) is 3.19. The molecule has 100 valence electrons. The van der Waals surface area contributed by atoms with Gasteiger partial charge in [-0.15, -0.1) is 0 Å². The van der Waals surface area contributed by atoms with Gasteiger partial charge in [0.2, 0.25) is 5.91 Å². The Morgan fingerprint density at radius 1 is 1.37 bits per heavy atom. The number of likely N-dealkylation sites (N-methyl/N-ethyl adjacent to an activating group) is 1. The van der Waals surface area contributed by atoms with Crippen LogP contribution >= 0.6 is 0 Å². The van der Waals surface area contributed by atoms with Crippen LogP contribution in [-0.4, -0.2) is 41.5 Å². The summed E-state index contributed by atoms with van der Waals surface area (Å²) in [5, 5.41) is 9.04. The summed E-state index contributed by atoms with van der Waals surface area (Å²) >= 11 is 0. The summed E-state index contributed by atoms with van der Waals surface area (Å²) in [7, 11) is 1.81. The lowest BCUT2D eigenvalue weighted by atomic mass is 9.97. The zero-order valence-corrected chi connectivity index (χ0v) is 11.8. The lowest BCUT2D eigenvalue weighted by Crippen LogP contribution is -2.62. The van der Waals surface area contributed by atoms with Crippen LogP contribution in [0, 0.1) is 18.3 Å². The van der Waals surface area contributed by atoms with E-state index in [1.54, 1.807) is 17.0 Å². The van der Waals surface area contributed by atoms with Crippen LogP contribution < -0.4 is 4.90 Å². The first-order valence-electron chi connectivity index (χ1n) is 6.28. The van der Waals surface area contributed by atoms with Gasteiger partial charge < -0.3 is 9.80 Å². The molecule has 0 N–H and O–H groups in total. The van der Waals surface area contributed by atoms with E-state index in [4.69, 9.17) is 5.26 Å². The Hall–Kier alpha value is -2.09. The van der Waals surface area contributed by atoms with Gasteiger partial charge in [-0.3, -0.25) is 4.79 Å². The summed E-state index contributed by atoms with van der Waals surface area (Å²) in [5.74, 6) is 0.767. The zero-order chi connectivity index (χ0) is 14.2. The largest absolute Gasteiger partial charge is 0.342 e. The van der Waals surface area contributed by atoms with E-state index in [-0.39, 0.29) is 5.91 Å². The Morgan fingerprint density at radius 3 is 2.68 bits per heavy atom. The third-order valence-corrected chi connectivity index (χ3v) is 3.55. The van der Waals surface area contributed by atoms with E-state index in [1.807, 2.05) is 32.7 Å². The Morgan fingerprint density at radius 2 is 2.05 bits per heavy atom. The number of amides is 1. The third kappa shape index (κ3) is 2.26. The van der Waals surface area contributed by atoms with Gasteiger partial charge in [0.1, 0.15) is 11.4 Å². The van der Waals surface area contributed by atoms with Gasteiger partial charge in [0.25, 0.3) is 0 Å². The van der Waals surface area contributed by atoms with E-state index < -0.39 is 5.54 Å². The lowest BCUT2D eigenvalue weighted by molar-refractivity contribution is -0.136. The summed E-state index contributed by atoms with van der Waals surface area (Å²) in [6, 6.07) is 5.62. The molecule has 1 aromatic rings. The maximum absolute atomic E-state index is 12.3. The van der Waals surface area contributed by atoms with E-state index in [0.717, 1.165) is 12.2 Å². The van der Waals surface area contributed by atoms with E-state index in [2.05, 4.69) is 11.1 Å². The standard InChI is InChI=1S/C14H18N4O/c1-10-7-11(9-15)8-12(16-10)18-6-5-17(4)13(19)14(18,2)3/h7-8H,5-6H2,1-4H3. The number of nitriles is 1. The summed E-state index contributed by atoms with van der Waals surface area (Å²) in [4.78, 5) is 20.4. The molecule has 19 heavy (non-hydrogen) atoms. The number of carbonyl (C=O) groups excluding carboxylic acids is 1. The predicted molar refractivity (Wildman–Crippen MR) is 72.8 cm³/mol. The fraction of sp³-hybridized carbons (Fsp3) is 0.500. The second-order valence-electron chi connectivity index (χ2n) is 5.40. The maximum atomic E-state index is 12.3. The highest BCUT2D eigenvalue weighted by molar-refractivity contribution is 5.90. The molecule has 5 nitrogen and oxygen atoms in total. The second-order valence-corrected chi connectivity index (χ2v) is 5.40. The number of carbonyl (C=O) groups is 1. The van der Waals surface area contributed by atoms with Crippen molar-refractivity contribution in [3.8, 4) is 6.07 Å². The van der Waals surface area contributed by atoms with Gasteiger partial charge >= 0.3 is 0 Å². The molecule has 1 aromatic heterocycles. The first kappa shape index (κ1) is 13.3. The number of rotatable bonds is 1. The summed E-state index contributed by atoms with van der Waals surface area (Å²) in [5.41, 5.74) is 0.724. The highest BCUT2D eigenvalue weighted by atomic mass is 16.2. The molecule has 0 aliphatic carbocycles. The highest BCUT2D eigenvalue weighted by Gasteiger charge is 2.41. The number of anilines is 1. The smallest absolute Gasteiger partial charge is 0.247 e. The first-order valence-corrected chi connectivity index (χ1v) is 6.28. The zero-order valence-electron chi connectivity index (χ0n) is 11.8. The van der Waals surface area contributed by atoms with Crippen molar-refractivity contribution in [1.82, 2.24) is 9.88 Å². The molecule has 0 aromatic carbocycles. The fourth-order valence-electron chi connectivity index (χ4n) is 2.47. The van der Waals surface area contributed by atoms with E-state index >= 15 is 0 Å². The monoisotopic (exact) mass is 258 g/mol. The molecule has 2 heterocycles. The molecular formula is C14H18N4O. The van der Waals surface area contributed by atoms with Crippen LogP contribution in [0.15, 0.2) is 12.1 Å². The minimum Gasteiger partial charge on any atom is -0.342 e. The first-order chi connectivity index (χ1) is 8.86. The van der Waals surface area contributed by atoms with Gasteiger partial charge in [0.15, 0.2) is 0 Å². The Labute approximate surface area is 113 Å². The maximum Gasteiger partial charge on any atom is 0.247 e. The molecule has 0 bridgehead atoms. The molecule has 0 spiro atoms. The van der Waals surface area contributed by atoms with Gasteiger partial charge in [0, 0.05) is 25.8 Å². The molecule has 1 saturated heterocycles. The van der Waals surface area contributed by atoms with Gasteiger partial charge in [-0.05, 0) is 32.9 Å². The fourth-order valence-corrected chi connectivity index (χ4v) is 2.47. The van der Waals surface area contributed by atoms with Crippen LogP contribution in [-0.2, 0) is 4.79 Å². The Bertz CT molecular complexity index is 559. The molecular weight excluding hydrogens is 240 g/mol. The SMILES string of the molecule is Cc1cc(C#N)cc(N2CCN(C)C(=O)C2(C)C)n1. The summed E-state index contributed by atoms with van der Waals surface area (Å²) < 4.78 is 0. The van der Waals surface area contributed by atoms with Crippen molar-refractivity contribution in [2.45, 2.75) is 26.3 Å². The van der Waals surface area contributed by atoms with Crippen LogP contribution in [0.5, 0.6) is 0 Å². The van der Waals surface area contributed by atoms with E-state index in [0.29, 0.717) is 17.9 Å². The van der Waals surface area contributed by atoms with Crippen LogP contribution in [0.3, 0.4) is 0 Å². The molecule has 0 unspecified atom stereocenters. The van der Waals surface area contributed by atoms with Crippen molar-refractivity contribution in [3.63, 3.8) is 0 Å². The lowest BCUT2D eigenvalue weighted by Gasteiger charge is -2.45. The number of pyridine rings is 1. The average molecular weight is 258 g/mol. The van der Waals surface area contributed by atoms with Gasteiger partial charge in [-0.25, -0.2) is 4.98 Å². The van der Waals surface area contributed by atoms with Crippen LogP contribution in [0.2, 0.25) is 0 Å². The third-order valence-electron chi connectivity index (χ3n) is 3.55. The highest BCUT2D eigenvalue weighted by Crippen LogP contribution is 2.27. The molecule has 0 radical (unpaired) electrons. The van der Waals surface area contributed by atoms with Crippen molar-refractivity contribution in [1.29, 1.82) is 5.26 Å². The minimum absolute atomic E-state index is 0.0700. The number of nitrogens with zero attached hydrogens (tertiary/aromatic N) is 4. The molecule has 1 aliphatic rings. The topological polar surface area (TPSA) is 60.2 Å². The van der Waals surface area contributed by atoms with Crippen molar-refractivity contribution >= 4 is 11.7 Å². The molecule has 1 fully saturated rings. The van der Waals surface area contributed by atoms with Crippen molar-refractivity contribution in [2.24, 2.45) is 0 Å². The average Bonchev–Trinajstić information content (AvgIpc) is 2.35. The van der Waals surface area contributed by atoms with Crippen molar-refractivity contribution in [2.75, 3.05) is 25.0 Å². The molecule has 1 amide bonds. The second kappa shape index (κ2) is 4.54. The van der Waals surface area contributed by atoms with Crippen LogP contribution in [0.4, 0.5) is 5.82 Å². The number of piperazine rings is 1. The Balaban J connectivity index is 2.44. The normalized spacial score (nSPS) is 18.4. The van der Waals surface area contributed by atoms with E-state index in [9.17, 15) is 4.79 Å². The number of aryl methyl sites for hydroxylation is 1. The molecule has 0 saturated carbocycles.